The molecule has 0 saturated heterocycles. The lowest BCUT2D eigenvalue weighted by atomic mass is 9.75. The molecule has 2 heteroatoms. The molecule has 112 valence electrons. The van der Waals surface area contributed by atoms with E-state index in [0.717, 1.165) is 6.04 Å². The molecular weight excluding hydrogens is 232 g/mol. The van der Waals surface area contributed by atoms with Crippen LogP contribution >= 0.6 is 0 Å². The molecule has 1 N–H and O–H groups in total. The molecule has 19 heavy (non-hydrogen) atoms. The van der Waals surface area contributed by atoms with E-state index in [9.17, 15) is 0 Å². The Morgan fingerprint density at radius 3 is 2.16 bits per heavy atom. The van der Waals surface area contributed by atoms with E-state index in [1.807, 2.05) is 0 Å². The number of hydrogen-bond acceptors (Lipinski definition) is 2. The topological polar surface area (TPSA) is 15.3 Å². The molecule has 2 aliphatic rings. The molecule has 0 atom stereocenters. The Morgan fingerprint density at radius 2 is 1.63 bits per heavy atom. The summed E-state index contributed by atoms with van der Waals surface area (Å²) in [6.45, 7) is 7.37. The molecule has 0 heterocycles. The van der Waals surface area contributed by atoms with Crippen molar-refractivity contribution < 1.29 is 0 Å². The van der Waals surface area contributed by atoms with Gasteiger partial charge in [0.2, 0.25) is 0 Å². The van der Waals surface area contributed by atoms with Gasteiger partial charge in [0.05, 0.1) is 0 Å². The third-order valence-corrected chi connectivity index (χ3v) is 5.73. The molecule has 2 saturated carbocycles. The first-order chi connectivity index (χ1) is 8.96. The molecule has 0 bridgehead atoms. The van der Waals surface area contributed by atoms with Gasteiger partial charge in [-0.05, 0) is 63.5 Å². The van der Waals surface area contributed by atoms with Crippen molar-refractivity contribution in [3.05, 3.63) is 0 Å². The average molecular weight is 266 g/mol. The van der Waals surface area contributed by atoms with Gasteiger partial charge < -0.3 is 10.2 Å². The van der Waals surface area contributed by atoms with Gasteiger partial charge in [0.25, 0.3) is 0 Å². The highest BCUT2D eigenvalue weighted by Gasteiger charge is 2.37. The van der Waals surface area contributed by atoms with Gasteiger partial charge in [-0.2, -0.15) is 0 Å². The molecule has 2 rings (SSSR count). The van der Waals surface area contributed by atoms with Crippen LogP contribution in [0.3, 0.4) is 0 Å². The first-order valence-electron chi connectivity index (χ1n) is 8.31. The Labute approximate surface area is 120 Å². The minimum atomic E-state index is 0.566. The van der Waals surface area contributed by atoms with Crippen LogP contribution in [0.4, 0.5) is 0 Å². The van der Waals surface area contributed by atoms with E-state index in [1.54, 1.807) is 0 Å². The Morgan fingerprint density at radius 1 is 1.05 bits per heavy atom. The summed E-state index contributed by atoms with van der Waals surface area (Å²) in [6, 6.07) is 0.836. The van der Waals surface area contributed by atoms with E-state index in [0.29, 0.717) is 10.8 Å². The van der Waals surface area contributed by atoms with Crippen LogP contribution < -0.4 is 5.32 Å². The van der Waals surface area contributed by atoms with Crippen LogP contribution in [-0.4, -0.2) is 38.1 Å². The fraction of sp³-hybridized carbons (Fsp3) is 1.00. The molecular formula is C17H34N2. The summed E-state index contributed by atoms with van der Waals surface area (Å²) in [5.41, 5.74) is 1.16. The van der Waals surface area contributed by atoms with Gasteiger partial charge in [-0.1, -0.05) is 26.7 Å². The normalized spacial score (nSPS) is 27.0. The van der Waals surface area contributed by atoms with Crippen molar-refractivity contribution in [2.24, 2.45) is 10.8 Å². The molecule has 0 amide bonds. The molecule has 0 aromatic heterocycles. The Balaban J connectivity index is 1.87. The number of rotatable bonds is 5. The second kappa shape index (κ2) is 6.13. The fourth-order valence-corrected chi connectivity index (χ4v) is 4.37. The lowest BCUT2D eigenvalue weighted by Gasteiger charge is -2.42. The number of nitrogens with zero attached hydrogens (tertiary/aromatic N) is 1. The standard InChI is InChI=1S/C17H34N2/c1-16(2)11-7-15(8-12-16)19(4)14-17(13-18-3)9-5-6-10-17/h15,18H,5-14H2,1-4H3. The van der Waals surface area contributed by atoms with Crippen molar-refractivity contribution in [2.75, 3.05) is 27.2 Å². The highest BCUT2D eigenvalue weighted by atomic mass is 15.1. The highest BCUT2D eigenvalue weighted by Crippen LogP contribution is 2.41. The molecule has 0 unspecified atom stereocenters. The van der Waals surface area contributed by atoms with E-state index in [4.69, 9.17) is 0 Å². The Hall–Kier alpha value is -0.0800. The van der Waals surface area contributed by atoms with Gasteiger partial charge in [-0.25, -0.2) is 0 Å². The van der Waals surface area contributed by atoms with E-state index in [2.05, 4.69) is 38.2 Å². The van der Waals surface area contributed by atoms with Crippen LogP contribution in [0, 0.1) is 10.8 Å². The smallest absolute Gasteiger partial charge is 0.00928 e. The van der Waals surface area contributed by atoms with Crippen molar-refractivity contribution in [3.63, 3.8) is 0 Å². The Bertz CT molecular complexity index is 269. The van der Waals surface area contributed by atoms with Crippen LogP contribution in [0.5, 0.6) is 0 Å². The SMILES string of the molecule is CNCC1(CN(C)C2CCC(C)(C)CC2)CCCC1. The van der Waals surface area contributed by atoms with Crippen LogP contribution in [0.15, 0.2) is 0 Å². The predicted octanol–water partition coefficient (Wildman–Crippen LogP) is 3.67. The molecule has 0 spiro atoms. The minimum absolute atomic E-state index is 0.566. The van der Waals surface area contributed by atoms with E-state index < -0.39 is 0 Å². The summed E-state index contributed by atoms with van der Waals surface area (Å²) in [4.78, 5) is 2.69. The van der Waals surface area contributed by atoms with Gasteiger partial charge in [-0.3, -0.25) is 0 Å². The van der Waals surface area contributed by atoms with Crippen LogP contribution in [0.2, 0.25) is 0 Å². The maximum atomic E-state index is 3.45. The van der Waals surface area contributed by atoms with Crippen molar-refractivity contribution in [3.8, 4) is 0 Å². The maximum Gasteiger partial charge on any atom is 0.00928 e. The quantitative estimate of drug-likeness (QED) is 0.817. The second-order valence-corrected chi connectivity index (χ2v) is 8.05. The molecule has 0 aromatic carbocycles. The minimum Gasteiger partial charge on any atom is -0.319 e. The third kappa shape index (κ3) is 3.95. The zero-order valence-electron chi connectivity index (χ0n) is 13.6. The maximum absolute atomic E-state index is 3.45. The lowest BCUT2D eigenvalue weighted by molar-refractivity contribution is 0.0850. The summed E-state index contributed by atoms with van der Waals surface area (Å²) in [5.74, 6) is 0. The van der Waals surface area contributed by atoms with Gasteiger partial charge in [0.15, 0.2) is 0 Å². The zero-order chi connectivity index (χ0) is 13.9. The monoisotopic (exact) mass is 266 g/mol. The van der Waals surface area contributed by atoms with Gasteiger partial charge in [0.1, 0.15) is 0 Å². The fourth-order valence-electron chi connectivity index (χ4n) is 4.37. The first kappa shape index (κ1) is 15.3. The molecule has 0 radical (unpaired) electrons. The van der Waals surface area contributed by atoms with Crippen LogP contribution in [-0.2, 0) is 0 Å². The van der Waals surface area contributed by atoms with E-state index in [1.165, 1.54) is 64.5 Å². The van der Waals surface area contributed by atoms with E-state index >= 15 is 0 Å². The van der Waals surface area contributed by atoms with Gasteiger partial charge >= 0.3 is 0 Å². The van der Waals surface area contributed by atoms with Crippen LogP contribution in [0.25, 0.3) is 0 Å². The predicted molar refractivity (Wildman–Crippen MR) is 83.5 cm³/mol. The van der Waals surface area contributed by atoms with Crippen molar-refractivity contribution >= 4 is 0 Å². The van der Waals surface area contributed by atoms with Gasteiger partial charge in [-0.15, -0.1) is 0 Å². The molecule has 2 fully saturated rings. The third-order valence-electron chi connectivity index (χ3n) is 5.73. The lowest BCUT2D eigenvalue weighted by Crippen LogP contribution is -2.45. The van der Waals surface area contributed by atoms with Crippen LogP contribution in [0.1, 0.15) is 65.2 Å². The molecule has 0 aliphatic heterocycles. The molecule has 0 aromatic rings. The van der Waals surface area contributed by atoms with E-state index in [-0.39, 0.29) is 0 Å². The Kier molecular flexibility index (Phi) is 4.94. The highest BCUT2D eigenvalue weighted by molar-refractivity contribution is 4.91. The largest absolute Gasteiger partial charge is 0.319 e. The van der Waals surface area contributed by atoms with Crippen molar-refractivity contribution in [2.45, 2.75) is 71.3 Å². The summed E-state index contributed by atoms with van der Waals surface area (Å²) in [6.07, 6.45) is 11.3. The first-order valence-corrected chi connectivity index (χ1v) is 8.31. The van der Waals surface area contributed by atoms with Crippen molar-refractivity contribution in [1.29, 1.82) is 0 Å². The molecule has 2 aliphatic carbocycles. The summed E-state index contributed by atoms with van der Waals surface area (Å²) in [7, 11) is 4.49. The molecule has 2 nitrogen and oxygen atoms in total. The number of hydrogen-bond donors (Lipinski definition) is 1. The summed E-state index contributed by atoms with van der Waals surface area (Å²) in [5, 5.41) is 3.45. The van der Waals surface area contributed by atoms with Crippen molar-refractivity contribution in [1.82, 2.24) is 10.2 Å². The number of nitrogens with one attached hydrogen (secondary N) is 1. The zero-order valence-corrected chi connectivity index (χ0v) is 13.6. The summed E-state index contributed by atoms with van der Waals surface area (Å²) >= 11 is 0. The second-order valence-electron chi connectivity index (χ2n) is 8.05. The summed E-state index contributed by atoms with van der Waals surface area (Å²) < 4.78 is 0. The average Bonchev–Trinajstić information content (AvgIpc) is 2.77. The van der Waals surface area contributed by atoms with Gasteiger partial charge in [0, 0.05) is 19.1 Å².